The van der Waals surface area contributed by atoms with Crippen LogP contribution in [-0.2, 0) is 0 Å². The number of rotatable bonds is 4. The summed E-state index contributed by atoms with van der Waals surface area (Å²) in [5.74, 6) is 1.74. The highest BCUT2D eigenvalue weighted by molar-refractivity contribution is 8.01. The fourth-order valence-corrected chi connectivity index (χ4v) is 4.16. The topological polar surface area (TPSA) is 48.4 Å². The Bertz CT molecular complexity index is 826. The highest BCUT2D eigenvalue weighted by Gasteiger charge is 2.16. The maximum Gasteiger partial charge on any atom is 0.231 e. The minimum absolute atomic E-state index is 0.0579. The molecule has 2 heterocycles. The Morgan fingerprint density at radius 1 is 1.18 bits per heavy atom. The van der Waals surface area contributed by atoms with Crippen molar-refractivity contribution in [1.82, 2.24) is 4.98 Å². The number of ether oxygens (including phenoxy) is 2. The van der Waals surface area contributed by atoms with Gasteiger partial charge in [0.05, 0.1) is 16.0 Å². The third kappa shape index (κ3) is 2.55. The van der Waals surface area contributed by atoms with Gasteiger partial charge in [0.2, 0.25) is 6.79 Å². The van der Waals surface area contributed by atoms with E-state index in [1.165, 1.54) is 11.8 Å². The zero-order valence-corrected chi connectivity index (χ0v) is 13.1. The molecule has 6 heteroatoms. The van der Waals surface area contributed by atoms with E-state index in [-0.39, 0.29) is 12.6 Å². The molecule has 0 amide bonds. The number of para-hydroxylation sites is 1. The molecule has 1 aliphatic heterocycles. The third-order valence-electron chi connectivity index (χ3n) is 3.30. The quantitative estimate of drug-likeness (QED) is 0.535. The van der Waals surface area contributed by atoms with Crippen molar-refractivity contribution in [3.05, 3.63) is 48.0 Å². The number of ketones is 1. The molecule has 0 spiro atoms. The molecule has 1 aromatic heterocycles. The average molecular weight is 329 g/mol. The van der Waals surface area contributed by atoms with E-state index in [1.807, 2.05) is 24.3 Å². The molecule has 4 rings (SSSR count). The van der Waals surface area contributed by atoms with Gasteiger partial charge in [-0.2, -0.15) is 0 Å². The summed E-state index contributed by atoms with van der Waals surface area (Å²) < 4.78 is 12.6. The van der Waals surface area contributed by atoms with Gasteiger partial charge in [0.1, 0.15) is 0 Å². The molecule has 0 fully saturated rings. The van der Waals surface area contributed by atoms with Crippen molar-refractivity contribution in [3.63, 3.8) is 0 Å². The predicted octanol–water partition coefficient (Wildman–Crippen LogP) is 4.00. The first-order valence-corrected chi connectivity index (χ1v) is 8.51. The van der Waals surface area contributed by atoms with E-state index in [1.54, 1.807) is 29.5 Å². The van der Waals surface area contributed by atoms with Crippen LogP contribution in [0, 0.1) is 0 Å². The third-order valence-corrected chi connectivity index (χ3v) is 5.47. The van der Waals surface area contributed by atoms with Gasteiger partial charge < -0.3 is 9.47 Å². The van der Waals surface area contributed by atoms with Crippen LogP contribution < -0.4 is 9.47 Å². The number of hydrogen-bond donors (Lipinski definition) is 0. The van der Waals surface area contributed by atoms with Crippen molar-refractivity contribution in [2.75, 3.05) is 12.5 Å². The lowest BCUT2D eigenvalue weighted by Crippen LogP contribution is -2.02. The molecule has 0 N–H and O–H groups in total. The van der Waals surface area contributed by atoms with Crippen LogP contribution in [0.15, 0.2) is 46.8 Å². The molecular formula is C16H11NO3S2. The van der Waals surface area contributed by atoms with E-state index in [4.69, 9.17) is 9.47 Å². The molecular weight excluding hydrogens is 318 g/mol. The van der Waals surface area contributed by atoms with Crippen molar-refractivity contribution in [3.8, 4) is 11.5 Å². The second-order valence-electron chi connectivity index (χ2n) is 4.73. The summed E-state index contributed by atoms with van der Waals surface area (Å²) >= 11 is 3.08. The number of aromatic nitrogens is 1. The Labute approximate surface area is 135 Å². The molecule has 0 unspecified atom stereocenters. The maximum atomic E-state index is 12.3. The smallest absolute Gasteiger partial charge is 0.231 e. The largest absolute Gasteiger partial charge is 0.454 e. The number of thiazole rings is 1. The van der Waals surface area contributed by atoms with Gasteiger partial charge in [0.25, 0.3) is 0 Å². The molecule has 1 aliphatic rings. The minimum atomic E-state index is 0.0579. The zero-order valence-electron chi connectivity index (χ0n) is 11.4. The summed E-state index contributed by atoms with van der Waals surface area (Å²) in [5, 5.41) is 0. The van der Waals surface area contributed by atoms with Gasteiger partial charge in [-0.1, -0.05) is 23.9 Å². The molecule has 3 aromatic rings. The van der Waals surface area contributed by atoms with Crippen molar-refractivity contribution >= 4 is 39.1 Å². The minimum Gasteiger partial charge on any atom is -0.454 e. The SMILES string of the molecule is O=C(CSc1nc2ccccc2s1)c1ccc2c(c1)OCO2. The van der Waals surface area contributed by atoms with E-state index in [0.29, 0.717) is 22.8 Å². The van der Waals surface area contributed by atoms with E-state index in [2.05, 4.69) is 4.98 Å². The first-order chi connectivity index (χ1) is 10.8. The highest BCUT2D eigenvalue weighted by Crippen LogP contribution is 2.34. The van der Waals surface area contributed by atoms with Gasteiger partial charge in [-0.3, -0.25) is 4.79 Å². The molecule has 0 radical (unpaired) electrons. The number of thioether (sulfide) groups is 1. The molecule has 0 saturated heterocycles. The van der Waals surface area contributed by atoms with Gasteiger partial charge in [-0.15, -0.1) is 11.3 Å². The molecule has 4 nitrogen and oxygen atoms in total. The van der Waals surface area contributed by atoms with Crippen LogP contribution in [0.4, 0.5) is 0 Å². The van der Waals surface area contributed by atoms with Crippen LogP contribution in [0.3, 0.4) is 0 Å². The fraction of sp³-hybridized carbons (Fsp3) is 0.125. The van der Waals surface area contributed by atoms with Gasteiger partial charge in [0, 0.05) is 5.56 Å². The Morgan fingerprint density at radius 2 is 2.05 bits per heavy atom. The lowest BCUT2D eigenvalue weighted by molar-refractivity contribution is 0.102. The van der Waals surface area contributed by atoms with E-state index in [9.17, 15) is 4.79 Å². The van der Waals surface area contributed by atoms with Crippen molar-refractivity contribution in [2.45, 2.75) is 4.34 Å². The number of Topliss-reactive ketones (excluding diaryl/α,β-unsaturated/α-hetero) is 1. The Hall–Kier alpha value is -2.05. The molecule has 2 aromatic carbocycles. The molecule has 0 aliphatic carbocycles. The fourth-order valence-electron chi connectivity index (χ4n) is 2.19. The summed E-state index contributed by atoms with van der Waals surface area (Å²) in [6.07, 6.45) is 0. The maximum absolute atomic E-state index is 12.3. The van der Waals surface area contributed by atoms with Gasteiger partial charge in [0.15, 0.2) is 21.6 Å². The number of carbonyl (C=O) groups is 1. The second-order valence-corrected chi connectivity index (χ2v) is 6.98. The summed E-state index contributed by atoms with van der Waals surface area (Å²) in [7, 11) is 0. The van der Waals surface area contributed by atoms with Crippen LogP contribution >= 0.6 is 23.1 Å². The number of fused-ring (bicyclic) bond motifs is 2. The van der Waals surface area contributed by atoms with Crippen LogP contribution in [0.1, 0.15) is 10.4 Å². The van der Waals surface area contributed by atoms with Crippen LogP contribution in [0.25, 0.3) is 10.2 Å². The normalized spacial score (nSPS) is 12.7. The zero-order chi connectivity index (χ0) is 14.9. The first kappa shape index (κ1) is 13.6. The molecule has 110 valence electrons. The molecule has 0 bridgehead atoms. The van der Waals surface area contributed by atoms with Crippen molar-refractivity contribution < 1.29 is 14.3 Å². The van der Waals surface area contributed by atoms with Gasteiger partial charge >= 0.3 is 0 Å². The van der Waals surface area contributed by atoms with Crippen molar-refractivity contribution in [1.29, 1.82) is 0 Å². The number of carbonyl (C=O) groups excluding carboxylic acids is 1. The number of hydrogen-bond acceptors (Lipinski definition) is 6. The van der Waals surface area contributed by atoms with Gasteiger partial charge in [-0.05, 0) is 30.3 Å². The Balaban J connectivity index is 1.47. The predicted molar refractivity (Wildman–Crippen MR) is 87.2 cm³/mol. The lowest BCUT2D eigenvalue weighted by atomic mass is 10.1. The van der Waals surface area contributed by atoms with E-state index in [0.717, 1.165) is 14.6 Å². The Kier molecular flexibility index (Phi) is 3.48. The first-order valence-electron chi connectivity index (χ1n) is 6.71. The molecule has 0 atom stereocenters. The highest BCUT2D eigenvalue weighted by atomic mass is 32.2. The summed E-state index contributed by atoms with van der Waals surface area (Å²) in [4.78, 5) is 16.8. The second kappa shape index (κ2) is 5.62. The lowest BCUT2D eigenvalue weighted by Gasteiger charge is -2.01. The molecule has 0 saturated carbocycles. The van der Waals surface area contributed by atoms with E-state index >= 15 is 0 Å². The van der Waals surface area contributed by atoms with Crippen LogP contribution in [0.5, 0.6) is 11.5 Å². The number of nitrogens with zero attached hydrogens (tertiary/aromatic N) is 1. The summed E-state index contributed by atoms with van der Waals surface area (Å²) in [6, 6.07) is 13.3. The summed E-state index contributed by atoms with van der Waals surface area (Å²) in [6.45, 7) is 0.216. The number of benzene rings is 2. The van der Waals surface area contributed by atoms with Crippen LogP contribution in [-0.4, -0.2) is 23.3 Å². The standard InChI is InChI=1S/C16H11NO3S2/c18-12(10-5-6-13-14(7-10)20-9-19-13)8-21-16-17-11-3-1-2-4-15(11)22-16/h1-7H,8-9H2. The summed E-state index contributed by atoms with van der Waals surface area (Å²) in [5.41, 5.74) is 1.61. The monoisotopic (exact) mass is 329 g/mol. The van der Waals surface area contributed by atoms with Crippen molar-refractivity contribution in [2.24, 2.45) is 0 Å². The van der Waals surface area contributed by atoms with Gasteiger partial charge in [-0.25, -0.2) is 4.98 Å². The average Bonchev–Trinajstić information content (AvgIpc) is 3.17. The van der Waals surface area contributed by atoms with Crippen LogP contribution in [0.2, 0.25) is 0 Å². The Morgan fingerprint density at radius 3 is 2.95 bits per heavy atom. The van der Waals surface area contributed by atoms with E-state index < -0.39 is 0 Å². The molecule has 22 heavy (non-hydrogen) atoms.